The number of carbonyl (C=O) groups is 2. The highest BCUT2D eigenvalue weighted by atomic mass is 16.6. The highest BCUT2D eigenvalue weighted by molar-refractivity contribution is 5.79. The molecule has 7 nitrogen and oxygen atoms in total. The van der Waals surface area contributed by atoms with E-state index in [1.165, 1.54) is 12.8 Å². The predicted molar refractivity (Wildman–Crippen MR) is 122 cm³/mol. The van der Waals surface area contributed by atoms with Crippen LogP contribution in [-0.4, -0.2) is 53.2 Å². The third kappa shape index (κ3) is 5.06. The number of likely N-dealkylation sites (tertiary alicyclic amines) is 1. The number of unbranched alkanes of at least 4 members (excludes halogenated alkanes) is 2. The van der Waals surface area contributed by atoms with E-state index in [1.807, 2.05) is 6.92 Å². The van der Waals surface area contributed by atoms with Gasteiger partial charge in [0.15, 0.2) is 0 Å². The van der Waals surface area contributed by atoms with Crippen LogP contribution in [0.2, 0.25) is 0 Å². The average Bonchev–Trinajstić information content (AvgIpc) is 3.19. The maximum atomic E-state index is 12.8. The largest absolute Gasteiger partial charge is 0.447 e. The minimum Gasteiger partial charge on any atom is -0.447 e. The minimum atomic E-state index is -0.281. The topological polar surface area (TPSA) is 94.5 Å². The van der Waals surface area contributed by atoms with Gasteiger partial charge in [-0.15, -0.1) is 0 Å². The number of hydrogen-bond acceptors (Lipinski definition) is 5. The van der Waals surface area contributed by atoms with Gasteiger partial charge in [-0.1, -0.05) is 19.8 Å². The van der Waals surface area contributed by atoms with Gasteiger partial charge in [-0.05, 0) is 83.0 Å². The van der Waals surface area contributed by atoms with Crippen LogP contribution < -0.4 is 10.6 Å². The van der Waals surface area contributed by atoms with E-state index < -0.39 is 0 Å². The molecule has 0 radical (unpaired) electrons. The number of nitrogens with zero attached hydrogens (tertiary/aromatic N) is 2. The molecule has 0 aromatic heterocycles. The van der Waals surface area contributed by atoms with E-state index in [1.54, 1.807) is 4.90 Å². The first kappa shape index (κ1) is 23.4. The van der Waals surface area contributed by atoms with E-state index in [2.05, 4.69) is 23.6 Å². The Morgan fingerprint density at radius 2 is 1.91 bits per heavy atom. The zero-order chi connectivity index (χ0) is 22.8. The zero-order valence-corrected chi connectivity index (χ0v) is 19.8. The molecule has 2 amide bonds. The lowest BCUT2D eigenvalue weighted by molar-refractivity contribution is -0.131. The molecule has 5 rings (SSSR count). The number of alkyl carbamates (subject to hydrolysis) is 1. The van der Waals surface area contributed by atoms with Gasteiger partial charge in [-0.2, -0.15) is 5.26 Å². The van der Waals surface area contributed by atoms with Gasteiger partial charge in [0.25, 0.3) is 0 Å². The molecule has 5 fully saturated rings. The van der Waals surface area contributed by atoms with Crippen LogP contribution in [0.5, 0.6) is 0 Å². The molecule has 2 N–H and O–H groups in total. The summed E-state index contributed by atoms with van der Waals surface area (Å²) in [5.41, 5.74) is -0.315. The molecule has 1 saturated heterocycles. The van der Waals surface area contributed by atoms with Gasteiger partial charge >= 0.3 is 6.09 Å². The van der Waals surface area contributed by atoms with Crippen molar-refractivity contribution < 1.29 is 14.3 Å². The number of ether oxygens (including phenoxy) is 1. The first-order valence-corrected chi connectivity index (χ1v) is 12.8. The monoisotopic (exact) mass is 444 g/mol. The van der Waals surface area contributed by atoms with Crippen LogP contribution in [0, 0.1) is 23.2 Å². The molecule has 1 aliphatic heterocycles. The number of hydrogen-bond donors (Lipinski definition) is 2. The van der Waals surface area contributed by atoms with E-state index in [9.17, 15) is 14.9 Å². The first-order valence-electron chi connectivity index (χ1n) is 12.8. The molecule has 4 bridgehead atoms. The lowest BCUT2D eigenvalue weighted by Gasteiger charge is -2.62. The van der Waals surface area contributed by atoms with Crippen molar-refractivity contribution in [2.24, 2.45) is 11.8 Å². The van der Waals surface area contributed by atoms with Crippen LogP contribution in [0.3, 0.4) is 0 Å². The standard InChI is InChI=1S/C25H40N4O3/c1-3-4-5-7-18(2)32-23(31)28-25-13-19-10-20(14-25)12-24(11-19,17-25)27-16-22(30)29-9-6-8-21(29)15-26/h18-21,27H,3-14,16-17H2,1-2H3,(H,28,31)/t18?,19?,20?,21-,24?,25?/m0/s1. The molecular formula is C25H40N4O3. The minimum absolute atomic E-state index is 0.0344. The predicted octanol–water partition coefficient (Wildman–Crippen LogP) is 3.88. The molecule has 0 aromatic rings. The van der Waals surface area contributed by atoms with Gasteiger partial charge in [-0.3, -0.25) is 4.79 Å². The SMILES string of the molecule is CCCCCC(C)OC(=O)NC12CC3CC(CC(NCC(=O)N4CCC[C@H]4C#N)(C3)C1)C2. The smallest absolute Gasteiger partial charge is 0.407 e. The number of nitrogens with one attached hydrogen (secondary N) is 2. The van der Waals surface area contributed by atoms with Gasteiger partial charge in [0, 0.05) is 17.6 Å². The summed E-state index contributed by atoms with van der Waals surface area (Å²) in [6.45, 7) is 5.13. The Hall–Kier alpha value is -1.81. The lowest BCUT2D eigenvalue weighted by atomic mass is 9.50. The average molecular weight is 445 g/mol. The molecular weight excluding hydrogens is 404 g/mol. The third-order valence-electron chi connectivity index (χ3n) is 8.29. The molecule has 5 aliphatic rings. The number of nitriles is 1. The third-order valence-corrected chi connectivity index (χ3v) is 8.29. The van der Waals surface area contributed by atoms with Crippen molar-refractivity contribution in [2.45, 2.75) is 114 Å². The summed E-state index contributed by atoms with van der Waals surface area (Å²) in [6.07, 6.45) is 11.9. The Labute approximate surface area is 192 Å². The second-order valence-electron chi connectivity index (χ2n) is 11.1. The summed E-state index contributed by atoms with van der Waals surface area (Å²) in [5, 5.41) is 16.2. The summed E-state index contributed by atoms with van der Waals surface area (Å²) < 4.78 is 5.70. The van der Waals surface area contributed by atoms with Crippen molar-refractivity contribution >= 4 is 12.0 Å². The maximum absolute atomic E-state index is 12.8. The van der Waals surface area contributed by atoms with Gasteiger partial charge in [0.05, 0.1) is 12.6 Å². The van der Waals surface area contributed by atoms with E-state index >= 15 is 0 Å². The van der Waals surface area contributed by atoms with Crippen molar-refractivity contribution in [1.82, 2.24) is 15.5 Å². The normalized spacial score (nSPS) is 36.0. The van der Waals surface area contributed by atoms with E-state index in [0.29, 0.717) is 18.4 Å². The molecule has 7 heteroatoms. The molecule has 0 spiro atoms. The van der Waals surface area contributed by atoms with E-state index in [4.69, 9.17) is 4.74 Å². The van der Waals surface area contributed by atoms with Crippen molar-refractivity contribution in [3.63, 3.8) is 0 Å². The van der Waals surface area contributed by atoms with Crippen molar-refractivity contribution in [2.75, 3.05) is 13.1 Å². The molecule has 3 unspecified atom stereocenters. The van der Waals surface area contributed by atoms with Gasteiger partial charge in [0.2, 0.25) is 5.91 Å². The highest BCUT2D eigenvalue weighted by Crippen LogP contribution is 2.57. The Balaban J connectivity index is 1.35. The second-order valence-corrected chi connectivity index (χ2v) is 11.1. The zero-order valence-electron chi connectivity index (χ0n) is 19.8. The second kappa shape index (κ2) is 9.59. The fraction of sp³-hybridized carbons (Fsp3) is 0.880. The number of rotatable bonds is 9. The summed E-state index contributed by atoms with van der Waals surface area (Å²) in [5.74, 6) is 1.20. The first-order chi connectivity index (χ1) is 15.4. The molecule has 4 aliphatic carbocycles. The van der Waals surface area contributed by atoms with Crippen LogP contribution in [0.4, 0.5) is 4.79 Å². The fourth-order valence-electron chi connectivity index (χ4n) is 7.35. The summed E-state index contributed by atoms with van der Waals surface area (Å²) >= 11 is 0. The van der Waals surface area contributed by atoms with Crippen LogP contribution in [-0.2, 0) is 9.53 Å². The quantitative estimate of drug-likeness (QED) is 0.526. The lowest BCUT2D eigenvalue weighted by Crippen LogP contribution is -2.69. The van der Waals surface area contributed by atoms with Crippen molar-refractivity contribution in [3.05, 3.63) is 0 Å². The highest BCUT2D eigenvalue weighted by Gasteiger charge is 2.58. The fourth-order valence-corrected chi connectivity index (χ4v) is 7.35. The molecule has 32 heavy (non-hydrogen) atoms. The molecule has 4 saturated carbocycles. The molecule has 178 valence electrons. The van der Waals surface area contributed by atoms with Crippen LogP contribution in [0.25, 0.3) is 0 Å². The van der Waals surface area contributed by atoms with Gasteiger partial charge < -0.3 is 20.3 Å². The summed E-state index contributed by atoms with van der Waals surface area (Å²) in [4.78, 5) is 27.3. The number of carbonyl (C=O) groups excluding carboxylic acids is 2. The summed E-state index contributed by atoms with van der Waals surface area (Å²) in [6, 6.07) is 1.99. The van der Waals surface area contributed by atoms with Crippen LogP contribution in [0.1, 0.15) is 90.9 Å². The molecule has 1 heterocycles. The Morgan fingerprint density at radius 3 is 2.59 bits per heavy atom. The van der Waals surface area contributed by atoms with Crippen LogP contribution in [0.15, 0.2) is 0 Å². The van der Waals surface area contributed by atoms with Gasteiger partial charge in [-0.25, -0.2) is 4.79 Å². The molecule has 4 atom stereocenters. The number of amides is 2. The van der Waals surface area contributed by atoms with Crippen molar-refractivity contribution in [3.8, 4) is 6.07 Å². The summed E-state index contributed by atoms with van der Waals surface area (Å²) in [7, 11) is 0. The Kier molecular flexibility index (Phi) is 7.00. The molecule has 0 aromatic carbocycles. The Morgan fingerprint density at radius 1 is 1.19 bits per heavy atom. The Bertz CT molecular complexity index is 734. The van der Waals surface area contributed by atoms with Crippen LogP contribution >= 0.6 is 0 Å². The van der Waals surface area contributed by atoms with Crippen molar-refractivity contribution in [1.29, 1.82) is 5.26 Å². The maximum Gasteiger partial charge on any atom is 0.407 e. The van der Waals surface area contributed by atoms with Gasteiger partial charge in [0.1, 0.15) is 12.1 Å². The van der Waals surface area contributed by atoms with E-state index in [-0.39, 0.29) is 41.8 Å². The van der Waals surface area contributed by atoms with E-state index in [0.717, 1.165) is 64.2 Å².